The number of benzene rings is 2. The number of phenolic OH excluding ortho intramolecular Hbond substituents is 1. The second-order valence-corrected chi connectivity index (χ2v) is 4.81. The third-order valence-corrected chi connectivity index (χ3v) is 3.32. The molecular formula is C17H16N2O. The van der Waals surface area contributed by atoms with Crippen molar-refractivity contribution in [2.75, 3.05) is 5.32 Å². The number of aromatic nitrogens is 1. The largest absolute Gasteiger partial charge is 0.508 e. The molecule has 0 aliphatic carbocycles. The van der Waals surface area contributed by atoms with Gasteiger partial charge in [0.15, 0.2) is 0 Å². The summed E-state index contributed by atoms with van der Waals surface area (Å²) in [6, 6.07) is 17.5. The van der Waals surface area contributed by atoms with Crippen LogP contribution in [0.2, 0.25) is 0 Å². The number of anilines is 1. The molecule has 0 bridgehead atoms. The minimum absolute atomic E-state index is 0.310. The summed E-state index contributed by atoms with van der Waals surface area (Å²) in [6.07, 6.45) is 0. The van der Waals surface area contributed by atoms with Gasteiger partial charge in [0, 0.05) is 23.2 Å². The number of nitrogens with zero attached hydrogens (tertiary/aromatic N) is 1. The number of rotatable bonds is 3. The first kappa shape index (κ1) is 12.5. The lowest BCUT2D eigenvalue weighted by molar-refractivity contribution is 0.469. The van der Waals surface area contributed by atoms with E-state index in [-0.39, 0.29) is 0 Å². The Labute approximate surface area is 117 Å². The van der Waals surface area contributed by atoms with E-state index in [2.05, 4.69) is 16.4 Å². The molecule has 20 heavy (non-hydrogen) atoms. The highest BCUT2D eigenvalue weighted by atomic mass is 16.3. The van der Waals surface area contributed by atoms with Crippen LogP contribution in [0.15, 0.2) is 54.6 Å². The Kier molecular flexibility index (Phi) is 3.25. The molecule has 0 radical (unpaired) electrons. The van der Waals surface area contributed by atoms with Crippen LogP contribution in [0.5, 0.6) is 5.75 Å². The van der Waals surface area contributed by atoms with E-state index in [1.165, 1.54) is 0 Å². The Balaban J connectivity index is 1.91. The van der Waals surface area contributed by atoms with E-state index < -0.39 is 0 Å². The molecular weight excluding hydrogens is 248 g/mol. The molecule has 0 aliphatic heterocycles. The molecule has 2 aromatic carbocycles. The zero-order chi connectivity index (χ0) is 13.9. The minimum atomic E-state index is 0.310. The van der Waals surface area contributed by atoms with Crippen molar-refractivity contribution in [3.63, 3.8) is 0 Å². The lowest BCUT2D eigenvalue weighted by Crippen LogP contribution is -2.01. The van der Waals surface area contributed by atoms with Gasteiger partial charge in [-0.1, -0.05) is 36.4 Å². The van der Waals surface area contributed by atoms with Crippen molar-refractivity contribution in [3.8, 4) is 5.75 Å². The predicted octanol–water partition coefficient (Wildman–Crippen LogP) is 3.86. The average Bonchev–Trinajstić information content (AvgIpc) is 2.46. The fraction of sp³-hybridized carbons (Fsp3) is 0.118. The number of fused-ring (bicyclic) bond motifs is 1. The van der Waals surface area contributed by atoms with E-state index in [1.54, 1.807) is 6.07 Å². The monoisotopic (exact) mass is 264 g/mol. The maximum atomic E-state index is 9.79. The second-order valence-electron chi connectivity index (χ2n) is 4.81. The Morgan fingerprint density at radius 1 is 1.00 bits per heavy atom. The molecule has 3 heteroatoms. The molecule has 0 saturated carbocycles. The number of aromatic hydroxyl groups is 1. The summed E-state index contributed by atoms with van der Waals surface area (Å²) in [4.78, 5) is 4.59. The molecule has 0 spiro atoms. The number of nitrogens with one attached hydrogen (secondary N) is 1. The van der Waals surface area contributed by atoms with Gasteiger partial charge >= 0.3 is 0 Å². The maximum Gasteiger partial charge on any atom is 0.120 e. The standard InChI is InChI=1S/C17H16N2O/c1-12-9-10-13-6-4-7-15(17(13)19-12)18-11-14-5-2-3-8-16(14)20/h2-10,18,20H,11H2,1H3. The third kappa shape index (κ3) is 2.43. The van der Waals surface area contributed by atoms with Gasteiger partial charge in [-0.25, -0.2) is 0 Å². The molecule has 3 nitrogen and oxygen atoms in total. The van der Waals surface area contributed by atoms with Gasteiger partial charge in [0.25, 0.3) is 0 Å². The van der Waals surface area contributed by atoms with Crippen molar-refractivity contribution < 1.29 is 5.11 Å². The second kappa shape index (κ2) is 5.21. The first-order valence-corrected chi connectivity index (χ1v) is 6.61. The van der Waals surface area contributed by atoms with E-state index in [4.69, 9.17) is 0 Å². The zero-order valence-corrected chi connectivity index (χ0v) is 11.3. The van der Waals surface area contributed by atoms with Crippen molar-refractivity contribution in [1.29, 1.82) is 0 Å². The highest BCUT2D eigenvalue weighted by Gasteiger charge is 2.04. The maximum absolute atomic E-state index is 9.79. The summed E-state index contributed by atoms with van der Waals surface area (Å²) in [7, 11) is 0. The van der Waals surface area contributed by atoms with E-state index >= 15 is 0 Å². The molecule has 0 aliphatic rings. The number of hydrogen-bond acceptors (Lipinski definition) is 3. The molecule has 0 atom stereocenters. The normalized spacial score (nSPS) is 10.7. The van der Waals surface area contributed by atoms with Crippen LogP contribution in [0.3, 0.4) is 0 Å². The lowest BCUT2D eigenvalue weighted by atomic mass is 10.1. The van der Waals surface area contributed by atoms with Crippen molar-refractivity contribution in [1.82, 2.24) is 4.98 Å². The van der Waals surface area contributed by atoms with Crippen LogP contribution in [-0.2, 0) is 6.54 Å². The van der Waals surface area contributed by atoms with Crippen LogP contribution in [0.4, 0.5) is 5.69 Å². The predicted molar refractivity (Wildman–Crippen MR) is 81.9 cm³/mol. The molecule has 3 rings (SSSR count). The van der Waals surface area contributed by atoms with E-state index in [9.17, 15) is 5.11 Å². The SMILES string of the molecule is Cc1ccc2cccc(NCc3ccccc3O)c2n1. The average molecular weight is 264 g/mol. The Bertz CT molecular complexity index is 753. The van der Waals surface area contributed by atoms with Gasteiger partial charge in [-0.2, -0.15) is 0 Å². The highest BCUT2D eigenvalue weighted by molar-refractivity contribution is 5.90. The fourth-order valence-corrected chi connectivity index (χ4v) is 2.24. The van der Waals surface area contributed by atoms with Crippen LogP contribution in [0.25, 0.3) is 10.9 Å². The summed E-state index contributed by atoms with van der Waals surface area (Å²) >= 11 is 0. The molecule has 0 amide bonds. The van der Waals surface area contributed by atoms with Crippen molar-refractivity contribution >= 4 is 16.6 Å². The molecule has 2 N–H and O–H groups in total. The molecule has 3 aromatic rings. The van der Waals surface area contributed by atoms with Gasteiger partial charge in [-0.05, 0) is 25.1 Å². The van der Waals surface area contributed by atoms with Gasteiger partial charge in [-0.15, -0.1) is 0 Å². The smallest absolute Gasteiger partial charge is 0.120 e. The first-order valence-electron chi connectivity index (χ1n) is 6.61. The summed E-state index contributed by atoms with van der Waals surface area (Å²) in [5.41, 5.74) is 3.81. The van der Waals surface area contributed by atoms with Crippen LogP contribution in [0.1, 0.15) is 11.3 Å². The van der Waals surface area contributed by atoms with E-state index in [1.807, 2.05) is 49.4 Å². The topological polar surface area (TPSA) is 45.1 Å². The van der Waals surface area contributed by atoms with Crippen LogP contribution in [0, 0.1) is 6.92 Å². The Hall–Kier alpha value is -2.55. The van der Waals surface area contributed by atoms with Crippen molar-refractivity contribution in [2.45, 2.75) is 13.5 Å². The van der Waals surface area contributed by atoms with Crippen LogP contribution >= 0.6 is 0 Å². The first-order chi connectivity index (χ1) is 9.74. The molecule has 100 valence electrons. The van der Waals surface area contributed by atoms with Gasteiger partial charge in [0.2, 0.25) is 0 Å². The Morgan fingerprint density at radius 2 is 1.85 bits per heavy atom. The fourth-order valence-electron chi connectivity index (χ4n) is 2.24. The number of para-hydroxylation sites is 2. The number of aryl methyl sites for hydroxylation is 1. The van der Waals surface area contributed by atoms with Crippen LogP contribution in [-0.4, -0.2) is 10.1 Å². The number of pyridine rings is 1. The quantitative estimate of drug-likeness (QED) is 0.755. The molecule has 0 fully saturated rings. The Morgan fingerprint density at radius 3 is 2.70 bits per heavy atom. The number of phenols is 1. The number of hydrogen-bond donors (Lipinski definition) is 2. The van der Waals surface area contributed by atoms with Gasteiger partial charge in [0.1, 0.15) is 5.75 Å². The minimum Gasteiger partial charge on any atom is -0.508 e. The molecule has 0 saturated heterocycles. The summed E-state index contributed by atoms with van der Waals surface area (Å²) in [5.74, 6) is 0.310. The van der Waals surface area contributed by atoms with Crippen LogP contribution < -0.4 is 5.32 Å². The van der Waals surface area contributed by atoms with Gasteiger partial charge in [0.05, 0.1) is 11.2 Å². The molecule has 1 aromatic heterocycles. The molecule has 1 heterocycles. The zero-order valence-electron chi connectivity index (χ0n) is 11.3. The molecule has 0 unspecified atom stereocenters. The van der Waals surface area contributed by atoms with Gasteiger partial charge in [-0.3, -0.25) is 4.98 Å². The summed E-state index contributed by atoms with van der Waals surface area (Å²) < 4.78 is 0. The lowest BCUT2D eigenvalue weighted by Gasteiger charge is -2.10. The van der Waals surface area contributed by atoms with E-state index in [0.717, 1.165) is 27.8 Å². The van der Waals surface area contributed by atoms with Gasteiger partial charge < -0.3 is 10.4 Å². The van der Waals surface area contributed by atoms with E-state index in [0.29, 0.717) is 12.3 Å². The van der Waals surface area contributed by atoms with Crippen molar-refractivity contribution in [2.24, 2.45) is 0 Å². The highest BCUT2D eigenvalue weighted by Crippen LogP contribution is 2.23. The third-order valence-electron chi connectivity index (χ3n) is 3.32. The summed E-state index contributed by atoms with van der Waals surface area (Å²) in [5, 5.41) is 14.2. The summed E-state index contributed by atoms with van der Waals surface area (Å²) in [6.45, 7) is 2.56. The van der Waals surface area contributed by atoms with Crippen molar-refractivity contribution in [3.05, 3.63) is 65.9 Å².